The van der Waals surface area contributed by atoms with E-state index in [9.17, 15) is 4.79 Å². The molecule has 0 bridgehead atoms. The molecule has 2 heterocycles. The Bertz CT molecular complexity index is 445. The average molecular weight is 275 g/mol. The van der Waals surface area contributed by atoms with Gasteiger partial charge in [-0.2, -0.15) is 0 Å². The molecule has 0 aromatic heterocycles. The molecule has 0 atom stereocenters. The molecule has 1 amide bonds. The van der Waals surface area contributed by atoms with Gasteiger partial charge in [-0.3, -0.25) is 0 Å². The second-order valence-electron chi connectivity index (χ2n) is 6.06. The van der Waals surface area contributed by atoms with Gasteiger partial charge in [0.25, 0.3) is 0 Å². The van der Waals surface area contributed by atoms with E-state index >= 15 is 0 Å². The summed E-state index contributed by atoms with van der Waals surface area (Å²) in [4.78, 5) is 13.9. The standard InChI is InChI=1S/C16H22N2O2/c19-15(20-12-14-4-2-1-3-5-14)18-10-7-16(8-11-18)6-9-17-13-16/h1-5,17H,6-13H2/p+1. The number of nitrogens with two attached hydrogens (primary N) is 1. The average Bonchev–Trinajstić information content (AvgIpc) is 2.95. The summed E-state index contributed by atoms with van der Waals surface area (Å²) >= 11 is 0. The number of quaternary nitrogens is 1. The molecule has 2 aliphatic heterocycles. The summed E-state index contributed by atoms with van der Waals surface area (Å²) in [6.07, 6.45) is 3.40. The van der Waals surface area contributed by atoms with E-state index in [1.807, 2.05) is 35.2 Å². The van der Waals surface area contributed by atoms with Crippen molar-refractivity contribution >= 4 is 6.09 Å². The molecule has 0 radical (unpaired) electrons. The topological polar surface area (TPSA) is 46.1 Å². The monoisotopic (exact) mass is 275 g/mol. The van der Waals surface area contributed by atoms with Crippen LogP contribution in [0.2, 0.25) is 0 Å². The van der Waals surface area contributed by atoms with Crippen LogP contribution >= 0.6 is 0 Å². The van der Waals surface area contributed by atoms with E-state index in [4.69, 9.17) is 4.74 Å². The van der Waals surface area contributed by atoms with E-state index in [0.29, 0.717) is 12.0 Å². The predicted molar refractivity (Wildman–Crippen MR) is 76.1 cm³/mol. The summed E-state index contributed by atoms with van der Waals surface area (Å²) in [5.41, 5.74) is 1.54. The van der Waals surface area contributed by atoms with E-state index in [1.54, 1.807) is 0 Å². The first-order valence-electron chi connectivity index (χ1n) is 7.55. The Balaban J connectivity index is 1.47. The van der Waals surface area contributed by atoms with Gasteiger partial charge in [0.1, 0.15) is 6.61 Å². The third-order valence-electron chi connectivity index (χ3n) is 4.74. The lowest BCUT2D eigenvalue weighted by Crippen LogP contribution is -2.82. The second kappa shape index (κ2) is 5.83. The highest BCUT2D eigenvalue weighted by atomic mass is 16.6. The van der Waals surface area contributed by atoms with Crippen LogP contribution in [0.1, 0.15) is 24.8 Å². The van der Waals surface area contributed by atoms with Crippen LogP contribution < -0.4 is 5.32 Å². The van der Waals surface area contributed by atoms with Crippen molar-refractivity contribution < 1.29 is 14.8 Å². The van der Waals surface area contributed by atoms with Crippen LogP contribution in [0.3, 0.4) is 0 Å². The molecule has 2 N–H and O–H groups in total. The fourth-order valence-electron chi connectivity index (χ4n) is 3.35. The molecule has 20 heavy (non-hydrogen) atoms. The summed E-state index contributed by atoms with van der Waals surface area (Å²) in [5.74, 6) is 0. The highest BCUT2D eigenvalue weighted by Crippen LogP contribution is 2.34. The summed E-state index contributed by atoms with van der Waals surface area (Å²) < 4.78 is 5.40. The van der Waals surface area contributed by atoms with E-state index in [1.165, 1.54) is 19.5 Å². The SMILES string of the molecule is O=C(OCc1ccccc1)N1CCC2(CC[NH2+]C2)CC1. The van der Waals surface area contributed by atoms with Crippen molar-refractivity contribution in [2.75, 3.05) is 26.2 Å². The Morgan fingerprint density at radius 3 is 2.60 bits per heavy atom. The minimum atomic E-state index is -0.161. The van der Waals surface area contributed by atoms with Crippen LogP contribution in [0, 0.1) is 5.41 Å². The van der Waals surface area contributed by atoms with Gasteiger partial charge < -0.3 is 15.0 Å². The van der Waals surface area contributed by atoms with Crippen LogP contribution in [-0.2, 0) is 11.3 Å². The van der Waals surface area contributed by atoms with Crippen LogP contribution in [-0.4, -0.2) is 37.2 Å². The smallest absolute Gasteiger partial charge is 0.410 e. The summed E-state index contributed by atoms with van der Waals surface area (Å²) in [6.45, 7) is 4.55. The fraction of sp³-hybridized carbons (Fsp3) is 0.562. The summed E-state index contributed by atoms with van der Waals surface area (Å²) in [5, 5.41) is 2.41. The zero-order chi connectivity index (χ0) is 13.8. The maximum absolute atomic E-state index is 12.1. The van der Waals surface area contributed by atoms with Crippen molar-refractivity contribution in [2.45, 2.75) is 25.9 Å². The van der Waals surface area contributed by atoms with Gasteiger partial charge in [-0.1, -0.05) is 30.3 Å². The third-order valence-corrected chi connectivity index (χ3v) is 4.74. The quantitative estimate of drug-likeness (QED) is 0.886. The maximum Gasteiger partial charge on any atom is 0.410 e. The van der Waals surface area contributed by atoms with Crippen LogP contribution in [0.15, 0.2) is 30.3 Å². The number of amides is 1. The Hall–Kier alpha value is -1.55. The lowest BCUT2D eigenvalue weighted by Gasteiger charge is -2.36. The number of piperidine rings is 1. The first-order chi connectivity index (χ1) is 9.77. The number of benzene rings is 1. The van der Waals surface area contributed by atoms with Crippen molar-refractivity contribution in [3.8, 4) is 0 Å². The van der Waals surface area contributed by atoms with Crippen molar-refractivity contribution in [1.29, 1.82) is 0 Å². The number of ether oxygens (including phenoxy) is 1. The number of carbonyl (C=O) groups excluding carboxylic acids is 1. The summed E-state index contributed by atoms with van der Waals surface area (Å²) in [6, 6.07) is 9.85. The molecule has 0 aliphatic carbocycles. The van der Waals surface area contributed by atoms with Crippen molar-refractivity contribution in [1.82, 2.24) is 4.90 Å². The number of nitrogens with zero attached hydrogens (tertiary/aromatic N) is 1. The molecule has 0 saturated carbocycles. The number of hydrogen-bond acceptors (Lipinski definition) is 2. The van der Waals surface area contributed by atoms with Crippen molar-refractivity contribution in [3.63, 3.8) is 0 Å². The zero-order valence-electron chi connectivity index (χ0n) is 11.9. The van der Waals surface area contributed by atoms with Crippen LogP contribution in [0.5, 0.6) is 0 Å². The molecular weight excluding hydrogens is 252 g/mol. The highest BCUT2D eigenvalue weighted by molar-refractivity contribution is 5.67. The van der Waals surface area contributed by atoms with E-state index in [0.717, 1.165) is 31.5 Å². The van der Waals surface area contributed by atoms with E-state index < -0.39 is 0 Å². The minimum absolute atomic E-state index is 0.161. The number of likely N-dealkylation sites (tertiary alicyclic amines) is 1. The second-order valence-corrected chi connectivity index (χ2v) is 6.06. The van der Waals surface area contributed by atoms with Crippen LogP contribution in [0.25, 0.3) is 0 Å². The van der Waals surface area contributed by atoms with E-state index in [-0.39, 0.29) is 6.09 Å². The van der Waals surface area contributed by atoms with Gasteiger partial charge in [-0.25, -0.2) is 4.79 Å². The molecule has 2 aliphatic rings. The first kappa shape index (κ1) is 13.4. The maximum atomic E-state index is 12.1. The Morgan fingerprint density at radius 2 is 1.95 bits per heavy atom. The lowest BCUT2D eigenvalue weighted by atomic mass is 9.78. The van der Waals surface area contributed by atoms with Crippen molar-refractivity contribution in [3.05, 3.63) is 35.9 Å². The molecule has 2 saturated heterocycles. The molecule has 108 valence electrons. The van der Waals surface area contributed by atoms with Gasteiger partial charge in [0.2, 0.25) is 0 Å². The first-order valence-corrected chi connectivity index (χ1v) is 7.55. The molecule has 2 fully saturated rings. The molecule has 1 aromatic carbocycles. The molecule has 4 heteroatoms. The van der Waals surface area contributed by atoms with Gasteiger partial charge in [0.05, 0.1) is 13.1 Å². The number of carbonyl (C=O) groups is 1. The fourth-order valence-corrected chi connectivity index (χ4v) is 3.35. The number of rotatable bonds is 2. The molecule has 1 aromatic rings. The summed E-state index contributed by atoms with van der Waals surface area (Å²) in [7, 11) is 0. The van der Waals surface area contributed by atoms with Gasteiger partial charge in [0.15, 0.2) is 0 Å². The molecule has 1 spiro atoms. The zero-order valence-corrected chi connectivity index (χ0v) is 11.9. The Kier molecular flexibility index (Phi) is 3.92. The molecular formula is C16H23N2O2+. The largest absolute Gasteiger partial charge is 0.445 e. The Morgan fingerprint density at radius 1 is 1.20 bits per heavy atom. The molecule has 4 nitrogen and oxygen atoms in total. The lowest BCUT2D eigenvalue weighted by molar-refractivity contribution is -0.641. The molecule has 0 unspecified atom stereocenters. The third kappa shape index (κ3) is 2.96. The van der Waals surface area contributed by atoms with E-state index in [2.05, 4.69) is 5.32 Å². The van der Waals surface area contributed by atoms with Gasteiger partial charge >= 0.3 is 6.09 Å². The van der Waals surface area contributed by atoms with Gasteiger partial charge in [-0.15, -0.1) is 0 Å². The predicted octanol–water partition coefficient (Wildman–Crippen LogP) is 1.37. The van der Waals surface area contributed by atoms with Crippen LogP contribution in [0.4, 0.5) is 4.79 Å². The van der Waals surface area contributed by atoms with Crippen molar-refractivity contribution in [2.24, 2.45) is 5.41 Å². The van der Waals surface area contributed by atoms with Gasteiger partial charge in [0, 0.05) is 24.9 Å². The highest BCUT2D eigenvalue weighted by Gasteiger charge is 2.40. The number of hydrogen-bond donors (Lipinski definition) is 1. The minimum Gasteiger partial charge on any atom is -0.445 e. The normalized spacial score (nSPS) is 21.1. The van der Waals surface area contributed by atoms with Gasteiger partial charge in [-0.05, 0) is 18.4 Å². The Labute approximate surface area is 120 Å². The molecule has 3 rings (SSSR count).